The number of halogens is 1. The van der Waals surface area contributed by atoms with Crippen molar-refractivity contribution < 1.29 is 9.18 Å². The molecule has 1 amide bonds. The van der Waals surface area contributed by atoms with Gasteiger partial charge in [0.05, 0.1) is 12.1 Å². The van der Waals surface area contributed by atoms with E-state index in [-0.39, 0.29) is 11.7 Å². The van der Waals surface area contributed by atoms with Gasteiger partial charge in [-0.15, -0.1) is 0 Å². The summed E-state index contributed by atoms with van der Waals surface area (Å²) in [6.45, 7) is 0.433. The first-order valence-electron chi connectivity index (χ1n) is 5.61. The lowest BCUT2D eigenvalue weighted by atomic mass is 10.1. The van der Waals surface area contributed by atoms with Crippen LogP contribution < -0.4 is 10.6 Å². The standard InChI is InChI=1S/C14H11FN2O/c15-10-4-2-5-11(7-10)17-8-9-3-1-6-12(16)13(9)14(17)18/h1-7H,8,16H2. The van der Waals surface area contributed by atoms with Crippen molar-refractivity contribution in [1.29, 1.82) is 0 Å². The SMILES string of the molecule is Nc1cccc2c1C(=O)N(c1cccc(F)c1)C2. The van der Waals surface area contributed by atoms with E-state index in [0.29, 0.717) is 23.5 Å². The van der Waals surface area contributed by atoms with Gasteiger partial charge >= 0.3 is 0 Å². The van der Waals surface area contributed by atoms with E-state index in [1.165, 1.54) is 17.0 Å². The lowest BCUT2D eigenvalue weighted by molar-refractivity contribution is 0.0997. The van der Waals surface area contributed by atoms with Crippen LogP contribution in [0, 0.1) is 5.82 Å². The maximum atomic E-state index is 13.2. The number of benzene rings is 2. The normalized spacial score (nSPS) is 13.8. The summed E-state index contributed by atoms with van der Waals surface area (Å²) < 4.78 is 13.2. The predicted octanol–water partition coefficient (Wildman–Crippen LogP) is 2.57. The molecular weight excluding hydrogens is 231 g/mol. The fraction of sp³-hybridized carbons (Fsp3) is 0.0714. The number of rotatable bonds is 1. The molecule has 0 bridgehead atoms. The monoisotopic (exact) mass is 242 g/mol. The van der Waals surface area contributed by atoms with Gasteiger partial charge < -0.3 is 10.6 Å². The Morgan fingerprint density at radius 2 is 1.94 bits per heavy atom. The number of nitrogen functional groups attached to an aromatic ring is 1. The quantitative estimate of drug-likeness (QED) is 0.781. The molecule has 0 spiro atoms. The van der Waals surface area contributed by atoms with Gasteiger partial charge in [0.2, 0.25) is 0 Å². The number of carbonyl (C=O) groups excluding carboxylic acids is 1. The molecule has 0 aliphatic carbocycles. The van der Waals surface area contributed by atoms with Crippen LogP contribution in [0.4, 0.5) is 15.8 Å². The van der Waals surface area contributed by atoms with Crippen molar-refractivity contribution in [2.24, 2.45) is 0 Å². The fourth-order valence-corrected chi connectivity index (χ4v) is 2.24. The summed E-state index contributed by atoms with van der Waals surface area (Å²) >= 11 is 0. The highest BCUT2D eigenvalue weighted by atomic mass is 19.1. The molecule has 0 saturated carbocycles. The Kier molecular flexibility index (Phi) is 2.30. The Labute approximate surface area is 104 Å². The van der Waals surface area contributed by atoms with Crippen LogP contribution >= 0.6 is 0 Å². The minimum Gasteiger partial charge on any atom is -0.398 e. The molecule has 0 saturated heterocycles. The largest absolute Gasteiger partial charge is 0.398 e. The molecule has 3 rings (SSSR count). The number of carbonyl (C=O) groups is 1. The van der Waals surface area contributed by atoms with Crippen LogP contribution in [0.15, 0.2) is 42.5 Å². The van der Waals surface area contributed by atoms with Gasteiger partial charge in [-0.3, -0.25) is 4.79 Å². The van der Waals surface area contributed by atoms with Crippen molar-refractivity contribution in [2.45, 2.75) is 6.54 Å². The van der Waals surface area contributed by atoms with Gasteiger partial charge in [0.1, 0.15) is 5.82 Å². The van der Waals surface area contributed by atoms with Gasteiger partial charge in [0, 0.05) is 11.4 Å². The molecule has 90 valence electrons. The van der Waals surface area contributed by atoms with E-state index in [9.17, 15) is 9.18 Å². The Bertz CT molecular complexity index is 639. The van der Waals surface area contributed by atoms with Crippen molar-refractivity contribution in [3.63, 3.8) is 0 Å². The molecule has 4 heteroatoms. The second-order valence-electron chi connectivity index (χ2n) is 4.25. The molecule has 1 aliphatic heterocycles. The molecule has 18 heavy (non-hydrogen) atoms. The molecule has 2 aromatic rings. The highest BCUT2D eigenvalue weighted by Crippen LogP contribution is 2.31. The summed E-state index contributed by atoms with van der Waals surface area (Å²) in [5.41, 5.74) is 8.24. The molecule has 0 fully saturated rings. The van der Waals surface area contributed by atoms with E-state index in [1.54, 1.807) is 18.2 Å². The molecule has 3 nitrogen and oxygen atoms in total. The molecule has 0 unspecified atom stereocenters. The third kappa shape index (κ3) is 1.54. The van der Waals surface area contributed by atoms with Gasteiger partial charge in [-0.05, 0) is 29.8 Å². The highest BCUT2D eigenvalue weighted by molar-refractivity contribution is 6.13. The minimum atomic E-state index is -0.357. The lowest BCUT2D eigenvalue weighted by Gasteiger charge is -2.15. The van der Waals surface area contributed by atoms with Crippen LogP contribution in [-0.2, 0) is 6.54 Å². The summed E-state index contributed by atoms with van der Waals surface area (Å²) in [5, 5.41) is 0. The van der Waals surface area contributed by atoms with Crippen LogP contribution in [0.5, 0.6) is 0 Å². The van der Waals surface area contributed by atoms with Crippen LogP contribution in [0.3, 0.4) is 0 Å². The van der Waals surface area contributed by atoms with E-state index in [1.807, 2.05) is 12.1 Å². The molecular formula is C14H11FN2O. The summed E-state index contributed by atoms with van der Waals surface area (Å²) in [6.07, 6.45) is 0. The number of nitrogens with zero attached hydrogens (tertiary/aromatic N) is 1. The zero-order valence-corrected chi connectivity index (χ0v) is 9.56. The predicted molar refractivity (Wildman–Crippen MR) is 67.8 cm³/mol. The first-order chi connectivity index (χ1) is 8.66. The smallest absolute Gasteiger partial charge is 0.261 e. The molecule has 2 N–H and O–H groups in total. The van der Waals surface area contributed by atoms with Gasteiger partial charge in [-0.2, -0.15) is 0 Å². The van der Waals surface area contributed by atoms with E-state index in [0.717, 1.165) is 5.56 Å². The van der Waals surface area contributed by atoms with E-state index in [2.05, 4.69) is 0 Å². The maximum Gasteiger partial charge on any atom is 0.261 e. The summed E-state index contributed by atoms with van der Waals surface area (Å²) in [5.74, 6) is -0.530. The van der Waals surface area contributed by atoms with Crippen LogP contribution in [0.2, 0.25) is 0 Å². The third-order valence-electron chi connectivity index (χ3n) is 3.09. The van der Waals surface area contributed by atoms with Crippen LogP contribution in [0.1, 0.15) is 15.9 Å². The Hall–Kier alpha value is -2.36. The van der Waals surface area contributed by atoms with Gasteiger partial charge in [-0.1, -0.05) is 18.2 Å². The number of amides is 1. The van der Waals surface area contributed by atoms with E-state index < -0.39 is 0 Å². The Balaban J connectivity index is 2.05. The van der Waals surface area contributed by atoms with Crippen LogP contribution in [-0.4, -0.2) is 5.91 Å². The van der Waals surface area contributed by atoms with Gasteiger partial charge in [0.25, 0.3) is 5.91 Å². The van der Waals surface area contributed by atoms with Crippen molar-refractivity contribution in [2.75, 3.05) is 10.6 Å². The number of nitrogens with two attached hydrogens (primary N) is 1. The average molecular weight is 242 g/mol. The Morgan fingerprint density at radius 3 is 2.67 bits per heavy atom. The maximum absolute atomic E-state index is 13.2. The summed E-state index contributed by atoms with van der Waals surface area (Å²) in [4.78, 5) is 13.8. The average Bonchev–Trinajstić information content (AvgIpc) is 2.68. The Morgan fingerprint density at radius 1 is 1.17 bits per heavy atom. The fourth-order valence-electron chi connectivity index (χ4n) is 2.24. The summed E-state index contributed by atoms with van der Waals surface area (Å²) in [6, 6.07) is 11.4. The zero-order chi connectivity index (χ0) is 12.7. The first kappa shape index (κ1) is 10.8. The number of hydrogen-bond donors (Lipinski definition) is 1. The second-order valence-corrected chi connectivity index (χ2v) is 4.25. The number of anilines is 2. The first-order valence-corrected chi connectivity index (χ1v) is 5.61. The molecule has 1 heterocycles. The summed E-state index contributed by atoms with van der Waals surface area (Å²) in [7, 11) is 0. The van der Waals surface area contributed by atoms with Gasteiger partial charge in [0.15, 0.2) is 0 Å². The van der Waals surface area contributed by atoms with Crippen molar-refractivity contribution >= 4 is 17.3 Å². The van der Waals surface area contributed by atoms with Crippen LogP contribution in [0.25, 0.3) is 0 Å². The molecule has 1 aliphatic rings. The van der Waals surface area contributed by atoms with Gasteiger partial charge in [-0.25, -0.2) is 4.39 Å². The lowest BCUT2D eigenvalue weighted by Crippen LogP contribution is -2.23. The molecule has 0 atom stereocenters. The number of fused-ring (bicyclic) bond motifs is 1. The highest BCUT2D eigenvalue weighted by Gasteiger charge is 2.30. The molecule has 0 aromatic heterocycles. The second kappa shape index (κ2) is 3.84. The number of hydrogen-bond acceptors (Lipinski definition) is 2. The van der Waals surface area contributed by atoms with Crippen molar-refractivity contribution in [3.05, 3.63) is 59.4 Å². The van der Waals surface area contributed by atoms with Crippen molar-refractivity contribution in [1.82, 2.24) is 0 Å². The van der Waals surface area contributed by atoms with Crippen molar-refractivity contribution in [3.8, 4) is 0 Å². The molecule has 0 radical (unpaired) electrons. The molecule has 2 aromatic carbocycles. The third-order valence-corrected chi connectivity index (χ3v) is 3.09. The zero-order valence-electron chi connectivity index (χ0n) is 9.56. The minimum absolute atomic E-state index is 0.172. The van der Waals surface area contributed by atoms with E-state index in [4.69, 9.17) is 5.73 Å². The van der Waals surface area contributed by atoms with E-state index >= 15 is 0 Å². The topological polar surface area (TPSA) is 46.3 Å².